The zero-order chi connectivity index (χ0) is 13.8. The third-order valence-electron chi connectivity index (χ3n) is 3.34. The fourth-order valence-electron chi connectivity index (χ4n) is 1.94. The van der Waals surface area contributed by atoms with E-state index in [0.29, 0.717) is 17.9 Å². The first-order chi connectivity index (χ1) is 9.11. The standard InChI is InChI=1S/C14H19BrN2O2/c1-17(10-3-4-10)8-7-16-14(18)12-9-11(19-2)5-6-13(12)15/h5-6,9-10H,3-4,7-8H2,1-2H3,(H,16,18). The number of halogens is 1. The average Bonchev–Trinajstić information content (AvgIpc) is 3.23. The number of methoxy groups -OCH3 is 1. The highest BCUT2D eigenvalue weighted by atomic mass is 79.9. The van der Waals surface area contributed by atoms with Crippen LogP contribution in [0.25, 0.3) is 0 Å². The fourth-order valence-corrected chi connectivity index (χ4v) is 2.37. The van der Waals surface area contributed by atoms with E-state index in [9.17, 15) is 4.79 Å². The van der Waals surface area contributed by atoms with Crippen LogP contribution in [0.4, 0.5) is 0 Å². The van der Waals surface area contributed by atoms with E-state index in [0.717, 1.165) is 17.1 Å². The van der Waals surface area contributed by atoms with E-state index in [-0.39, 0.29) is 5.91 Å². The van der Waals surface area contributed by atoms with Crippen molar-refractivity contribution in [3.05, 3.63) is 28.2 Å². The van der Waals surface area contributed by atoms with Gasteiger partial charge in [0.1, 0.15) is 5.75 Å². The lowest BCUT2D eigenvalue weighted by Crippen LogP contribution is -2.34. The van der Waals surface area contributed by atoms with Crippen molar-refractivity contribution in [2.45, 2.75) is 18.9 Å². The van der Waals surface area contributed by atoms with Crippen LogP contribution in [0.15, 0.2) is 22.7 Å². The second-order valence-corrected chi connectivity index (χ2v) is 5.67. The van der Waals surface area contributed by atoms with Crippen LogP contribution in [-0.4, -0.2) is 44.1 Å². The highest BCUT2D eigenvalue weighted by Gasteiger charge is 2.25. The molecule has 1 aliphatic carbocycles. The second kappa shape index (κ2) is 6.39. The van der Waals surface area contributed by atoms with Gasteiger partial charge < -0.3 is 15.0 Å². The van der Waals surface area contributed by atoms with E-state index in [4.69, 9.17) is 4.74 Å². The largest absolute Gasteiger partial charge is 0.497 e. The van der Waals surface area contributed by atoms with Gasteiger partial charge in [-0.3, -0.25) is 4.79 Å². The Hall–Kier alpha value is -1.07. The summed E-state index contributed by atoms with van der Waals surface area (Å²) in [7, 11) is 3.70. The normalized spacial score (nSPS) is 14.5. The van der Waals surface area contributed by atoms with Gasteiger partial charge in [-0.25, -0.2) is 0 Å². The molecule has 0 saturated heterocycles. The topological polar surface area (TPSA) is 41.6 Å². The summed E-state index contributed by atoms with van der Waals surface area (Å²) in [6.45, 7) is 1.55. The molecule has 1 fully saturated rings. The van der Waals surface area contributed by atoms with Crippen molar-refractivity contribution < 1.29 is 9.53 Å². The highest BCUT2D eigenvalue weighted by molar-refractivity contribution is 9.10. The molecule has 1 N–H and O–H groups in total. The van der Waals surface area contributed by atoms with Gasteiger partial charge in [-0.1, -0.05) is 0 Å². The van der Waals surface area contributed by atoms with Crippen molar-refractivity contribution in [1.29, 1.82) is 0 Å². The Morgan fingerprint density at radius 3 is 2.89 bits per heavy atom. The maximum Gasteiger partial charge on any atom is 0.252 e. The molecule has 1 saturated carbocycles. The van der Waals surface area contributed by atoms with Crippen LogP contribution in [0.1, 0.15) is 23.2 Å². The van der Waals surface area contributed by atoms with Crippen molar-refractivity contribution in [1.82, 2.24) is 10.2 Å². The van der Waals surface area contributed by atoms with Crippen molar-refractivity contribution in [3.63, 3.8) is 0 Å². The maximum absolute atomic E-state index is 12.1. The molecule has 4 nitrogen and oxygen atoms in total. The molecule has 0 unspecified atom stereocenters. The van der Waals surface area contributed by atoms with Crippen LogP contribution >= 0.6 is 15.9 Å². The van der Waals surface area contributed by atoms with Gasteiger partial charge in [0.2, 0.25) is 0 Å². The monoisotopic (exact) mass is 326 g/mol. The van der Waals surface area contributed by atoms with Crippen LogP contribution in [0.2, 0.25) is 0 Å². The predicted molar refractivity (Wildman–Crippen MR) is 78.7 cm³/mol. The van der Waals surface area contributed by atoms with Gasteiger partial charge in [0.25, 0.3) is 5.91 Å². The molecule has 1 amide bonds. The number of amides is 1. The minimum Gasteiger partial charge on any atom is -0.497 e. The second-order valence-electron chi connectivity index (χ2n) is 4.81. The Morgan fingerprint density at radius 1 is 1.53 bits per heavy atom. The number of nitrogens with one attached hydrogen (secondary N) is 1. The molecule has 0 bridgehead atoms. The summed E-state index contributed by atoms with van der Waals surface area (Å²) in [4.78, 5) is 14.4. The Kier molecular flexibility index (Phi) is 4.82. The minimum atomic E-state index is -0.0741. The summed E-state index contributed by atoms with van der Waals surface area (Å²) in [6, 6.07) is 6.11. The van der Waals surface area contributed by atoms with Crippen LogP contribution in [0.5, 0.6) is 5.75 Å². The third-order valence-corrected chi connectivity index (χ3v) is 4.03. The van der Waals surface area contributed by atoms with Crippen molar-refractivity contribution in [2.24, 2.45) is 0 Å². The zero-order valence-corrected chi connectivity index (χ0v) is 12.9. The molecule has 2 rings (SSSR count). The average molecular weight is 327 g/mol. The number of benzene rings is 1. The number of ether oxygens (including phenoxy) is 1. The minimum absolute atomic E-state index is 0.0741. The Morgan fingerprint density at radius 2 is 2.26 bits per heavy atom. The van der Waals surface area contributed by atoms with Crippen LogP contribution in [-0.2, 0) is 0 Å². The first-order valence-corrected chi connectivity index (χ1v) is 7.23. The Labute approximate surface area is 122 Å². The number of rotatable bonds is 6. The number of hydrogen-bond acceptors (Lipinski definition) is 3. The molecule has 1 aliphatic rings. The van der Waals surface area contributed by atoms with E-state index < -0.39 is 0 Å². The van der Waals surface area contributed by atoms with Gasteiger partial charge in [0.05, 0.1) is 12.7 Å². The number of carbonyl (C=O) groups excluding carboxylic acids is 1. The number of likely N-dealkylation sites (N-methyl/N-ethyl adjacent to an activating group) is 1. The molecule has 0 aromatic heterocycles. The van der Waals surface area contributed by atoms with Gasteiger partial charge >= 0.3 is 0 Å². The summed E-state index contributed by atoms with van der Waals surface area (Å²) in [5.41, 5.74) is 0.605. The van der Waals surface area contributed by atoms with Crippen LogP contribution in [0, 0.1) is 0 Å². The highest BCUT2D eigenvalue weighted by Crippen LogP contribution is 2.25. The fraction of sp³-hybridized carbons (Fsp3) is 0.500. The van der Waals surface area contributed by atoms with Gasteiger partial charge in [-0.2, -0.15) is 0 Å². The van der Waals surface area contributed by atoms with Gasteiger partial charge in [-0.05, 0) is 54.0 Å². The number of hydrogen-bond donors (Lipinski definition) is 1. The third kappa shape index (κ3) is 3.94. The summed E-state index contributed by atoms with van der Waals surface area (Å²) in [5.74, 6) is 0.610. The molecule has 0 heterocycles. The van der Waals surface area contributed by atoms with Gasteiger partial charge in [0, 0.05) is 23.6 Å². The van der Waals surface area contributed by atoms with Crippen molar-refractivity contribution >= 4 is 21.8 Å². The molecule has 5 heteroatoms. The van der Waals surface area contributed by atoms with E-state index in [2.05, 4.69) is 33.2 Å². The van der Waals surface area contributed by atoms with Crippen molar-refractivity contribution in [3.8, 4) is 5.75 Å². The molecule has 104 valence electrons. The Balaban J connectivity index is 1.88. The molecular weight excluding hydrogens is 308 g/mol. The van der Waals surface area contributed by atoms with Crippen LogP contribution < -0.4 is 10.1 Å². The smallest absolute Gasteiger partial charge is 0.252 e. The number of nitrogens with zero attached hydrogens (tertiary/aromatic N) is 1. The SMILES string of the molecule is COc1ccc(Br)c(C(=O)NCCN(C)C2CC2)c1. The number of carbonyl (C=O) groups is 1. The molecule has 0 radical (unpaired) electrons. The summed E-state index contributed by atoms with van der Waals surface area (Å²) in [6.07, 6.45) is 2.57. The first kappa shape index (κ1) is 14.3. The molecule has 0 aliphatic heterocycles. The quantitative estimate of drug-likeness (QED) is 0.872. The van der Waals surface area contributed by atoms with Gasteiger partial charge in [-0.15, -0.1) is 0 Å². The van der Waals surface area contributed by atoms with E-state index in [1.165, 1.54) is 12.8 Å². The predicted octanol–water partition coefficient (Wildman–Crippen LogP) is 2.28. The summed E-state index contributed by atoms with van der Waals surface area (Å²) < 4.78 is 5.91. The van der Waals surface area contributed by atoms with Crippen LogP contribution in [0.3, 0.4) is 0 Å². The molecule has 19 heavy (non-hydrogen) atoms. The van der Waals surface area contributed by atoms with Gasteiger partial charge in [0.15, 0.2) is 0 Å². The molecular formula is C14H19BrN2O2. The van der Waals surface area contributed by atoms with E-state index >= 15 is 0 Å². The molecule has 1 aromatic rings. The molecule has 1 aromatic carbocycles. The first-order valence-electron chi connectivity index (χ1n) is 6.44. The lowest BCUT2D eigenvalue weighted by Gasteiger charge is -2.16. The Bertz CT molecular complexity index is 461. The van der Waals surface area contributed by atoms with E-state index in [1.807, 2.05) is 12.1 Å². The molecule has 0 spiro atoms. The summed E-state index contributed by atoms with van der Waals surface area (Å²) >= 11 is 3.39. The van der Waals surface area contributed by atoms with Crippen molar-refractivity contribution in [2.75, 3.05) is 27.2 Å². The summed E-state index contributed by atoms with van der Waals surface area (Å²) in [5, 5.41) is 2.94. The molecule has 0 atom stereocenters. The lowest BCUT2D eigenvalue weighted by atomic mass is 10.2. The van der Waals surface area contributed by atoms with E-state index in [1.54, 1.807) is 13.2 Å². The maximum atomic E-state index is 12.1. The lowest BCUT2D eigenvalue weighted by molar-refractivity contribution is 0.0948. The zero-order valence-electron chi connectivity index (χ0n) is 11.3.